The smallest absolute Gasteiger partial charge is 0.164 e. The summed E-state index contributed by atoms with van der Waals surface area (Å²) in [6, 6.07) is 23.7. The van der Waals surface area contributed by atoms with Gasteiger partial charge in [-0.05, 0) is 27.6 Å². The second kappa shape index (κ2) is 10.7. The molecule has 6 rings (SSSR count). The van der Waals surface area contributed by atoms with Gasteiger partial charge in [0.15, 0.2) is 5.78 Å². The van der Waals surface area contributed by atoms with Crippen molar-refractivity contribution in [1.82, 2.24) is 4.98 Å². The van der Waals surface area contributed by atoms with Gasteiger partial charge in [0.05, 0.1) is 8.07 Å². The van der Waals surface area contributed by atoms with Crippen molar-refractivity contribution >= 4 is 35.0 Å². The van der Waals surface area contributed by atoms with Gasteiger partial charge in [-0.2, -0.15) is 0 Å². The quantitative estimate of drug-likeness (QED) is 0.0924. The summed E-state index contributed by atoms with van der Waals surface area (Å²) in [7, 11) is -1.71. The first-order valence-corrected chi connectivity index (χ1v) is 17.5. The maximum Gasteiger partial charge on any atom is 0.164 e. The normalized spacial score (nSPS) is 15.9. The molecule has 0 bridgehead atoms. The third-order valence-corrected chi connectivity index (χ3v) is 12.3. The summed E-state index contributed by atoms with van der Waals surface area (Å²) in [5, 5.41) is 15.2. The van der Waals surface area contributed by atoms with Crippen LogP contribution in [0.2, 0.25) is 13.1 Å². The average molecular weight is 753 g/mol. The Morgan fingerprint density at radius 2 is 1.55 bits per heavy atom. The number of carbonyl (C=O) groups is 1. The van der Waals surface area contributed by atoms with Crippen LogP contribution in [0.15, 0.2) is 72.6 Å². The number of carbonyl (C=O) groups excluding carboxylic acids is 1. The molecule has 1 N–H and O–H groups in total. The molecule has 1 radical (unpaired) electrons. The zero-order chi connectivity index (χ0) is 30.1. The molecule has 4 aromatic rings. The van der Waals surface area contributed by atoms with Gasteiger partial charge in [0.2, 0.25) is 0 Å². The fourth-order valence-corrected chi connectivity index (χ4v) is 9.21. The molecule has 3 nitrogen and oxygen atoms in total. The van der Waals surface area contributed by atoms with Gasteiger partial charge in [0, 0.05) is 48.6 Å². The summed E-state index contributed by atoms with van der Waals surface area (Å²) in [6.07, 6.45) is 3.37. The van der Waals surface area contributed by atoms with E-state index in [9.17, 15) is 9.90 Å². The van der Waals surface area contributed by atoms with Crippen molar-refractivity contribution in [3.8, 4) is 22.4 Å². The van der Waals surface area contributed by atoms with Crippen molar-refractivity contribution < 1.29 is 30.0 Å². The first kappa shape index (κ1) is 32.1. The minimum Gasteiger partial charge on any atom is -0.512 e. The second-order valence-corrected chi connectivity index (χ2v) is 18.9. The summed E-state index contributed by atoms with van der Waals surface area (Å²) in [5.74, 6) is 0.104. The van der Waals surface area contributed by atoms with Gasteiger partial charge < -0.3 is 10.1 Å². The number of aliphatic hydroxyl groups excluding tert-OH is 1. The van der Waals surface area contributed by atoms with E-state index in [2.05, 4.69) is 87.6 Å². The number of nitrogens with zero attached hydrogens (tertiary/aromatic N) is 1. The summed E-state index contributed by atoms with van der Waals surface area (Å²) in [5.41, 5.74) is 7.03. The van der Waals surface area contributed by atoms with Crippen LogP contribution in [0.5, 0.6) is 0 Å². The molecule has 0 amide bonds. The number of aromatic nitrogens is 1. The van der Waals surface area contributed by atoms with E-state index in [0.29, 0.717) is 0 Å². The maximum absolute atomic E-state index is 11.5. The fourth-order valence-electron chi connectivity index (χ4n) is 6.15. The van der Waals surface area contributed by atoms with Crippen LogP contribution < -0.4 is 10.4 Å². The largest absolute Gasteiger partial charge is 0.512 e. The number of fused-ring (bicyclic) bond motifs is 4. The predicted molar refractivity (Wildman–Crippen MR) is 175 cm³/mol. The van der Waals surface area contributed by atoms with Gasteiger partial charge >= 0.3 is 0 Å². The van der Waals surface area contributed by atoms with Gasteiger partial charge in [-0.25, -0.2) is 0 Å². The predicted octanol–water partition coefficient (Wildman–Crippen LogP) is 8.23. The Morgan fingerprint density at radius 1 is 0.905 bits per heavy atom. The van der Waals surface area contributed by atoms with E-state index in [1.807, 2.05) is 47.7 Å². The zero-order valence-electron chi connectivity index (χ0n) is 26.5. The Morgan fingerprint density at radius 3 is 2.19 bits per heavy atom. The molecule has 5 heteroatoms. The van der Waals surface area contributed by atoms with Gasteiger partial charge in [-0.1, -0.05) is 127 Å². The van der Waals surface area contributed by atoms with E-state index in [-0.39, 0.29) is 42.5 Å². The van der Waals surface area contributed by atoms with Crippen LogP contribution in [0.4, 0.5) is 0 Å². The summed E-state index contributed by atoms with van der Waals surface area (Å²) >= 11 is 0. The number of rotatable bonds is 1. The van der Waals surface area contributed by atoms with E-state index in [0.717, 1.165) is 5.69 Å². The van der Waals surface area contributed by atoms with E-state index < -0.39 is 13.5 Å². The number of benzene rings is 3. The Balaban J connectivity index is 0.000000249. The number of pyridine rings is 1. The zero-order valence-corrected chi connectivity index (χ0v) is 29.9. The Hall–Kier alpha value is -2.85. The fraction of sp³-hybridized carbons (Fsp3) is 0.351. The standard InChI is InChI=1S/C26H22NSi.C11H20O2.Ir/c1-26(2)19-12-8-14-21-23(19)22-18(11-7-13-20(22)28(21,3)4)25-24(26)17-10-6-5-9-16(17)15-27-25;1-10(2,3)8(12)7-9(13)11(4,5)6;/h5-10,12-15H,1-4H3;7,12H,1-6H3;/q-1;;/b;8-7-;. The number of allylic oxidation sites excluding steroid dienone is 2. The molecule has 42 heavy (non-hydrogen) atoms. The molecule has 0 saturated heterocycles. The third-order valence-electron chi connectivity index (χ3n) is 8.77. The minimum absolute atomic E-state index is 0. The Labute approximate surface area is 265 Å². The van der Waals surface area contributed by atoms with E-state index in [1.165, 1.54) is 49.9 Å². The van der Waals surface area contributed by atoms with Gasteiger partial charge in [-0.3, -0.25) is 4.79 Å². The number of aliphatic hydroxyl groups is 1. The van der Waals surface area contributed by atoms with Crippen LogP contribution in [0, 0.1) is 16.9 Å². The Kier molecular flexibility index (Phi) is 8.17. The molecule has 1 aromatic heterocycles. The number of hydrogen-bond acceptors (Lipinski definition) is 3. The number of hydrogen-bond donors (Lipinski definition) is 1. The van der Waals surface area contributed by atoms with Crippen molar-refractivity contribution in [2.24, 2.45) is 10.8 Å². The molecule has 0 unspecified atom stereocenters. The van der Waals surface area contributed by atoms with Crippen LogP contribution in [-0.2, 0) is 30.3 Å². The van der Waals surface area contributed by atoms with Crippen LogP contribution in [0.25, 0.3) is 33.2 Å². The molecule has 221 valence electrons. The molecule has 1 aliphatic carbocycles. The van der Waals surface area contributed by atoms with Crippen LogP contribution in [0.1, 0.15) is 66.5 Å². The molecule has 2 aliphatic rings. The molecular weight excluding hydrogens is 711 g/mol. The molecule has 0 spiro atoms. The molecule has 1 aliphatic heterocycles. The van der Waals surface area contributed by atoms with Crippen molar-refractivity contribution in [3.63, 3.8) is 0 Å². The third kappa shape index (κ3) is 5.14. The van der Waals surface area contributed by atoms with Crippen molar-refractivity contribution in [3.05, 3.63) is 89.8 Å². The molecule has 3 aromatic carbocycles. The summed E-state index contributed by atoms with van der Waals surface area (Å²) in [4.78, 5) is 16.5. The van der Waals surface area contributed by atoms with Gasteiger partial charge in [0.1, 0.15) is 5.76 Å². The van der Waals surface area contributed by atoms with E-state index >= 15 is 0 Å². The molecule has 0 atom stereocenters. The monoisotopic (exact) mass is 753 g/mol. The number of ketones is 1. The molecule has 2 heterocycles. The van der Waals surface area contributed by atoms with Gasteiger partial charge in [-0.15, -0.1) is 28.9 Å². The Bertz CT molecular complexity index is 1740. The topological polar surface area (TPSA) is 50.2 Å². The second-order valence-electron chi connectivity index (χ2n) is 14.6. The first-order chi connectivity index (χ1) is 19.0. The van der Waals surface area contributed by atoms with E-state index in [4.69, 9.17) is 4.98 Å². The van der Waals surface area contributed by atoms with Crippen molar-refractivity contribution in [2.45, 2.75) is 73.9 Å². The molecule has 0 saturated carbocycles. The minimum atomic E-state index is -1.71. The van der Waals surface area contributed by atoms with Gasteiger partial charge in [0.25, 0.3) is 0 Å². The first-order valence-electron chi connectivity index (χ1n) is 14.5. The molecular formula is C37H42IrNO2Si-. The van der Waals surface area contributed by atoms with Crippen molar-refractivity contribution in [2.75, 3.05) is 0 Å². The summed E-state index contributed by atoms with van der Waals surface area (Å²) < 4.78 is 0. The van der Waals surface area contributed by atoms with Crippen LogP contribution >= 0.6 is 0 Å². The SMILES string of the molecule is CC(C)(C)C(=O)/C=C(\O)C(C)(C)C.CC1(C)c2cccc3c2-c2c([c-]ccc2[Si]3(C)C)-c2ncc3ccccc3c21.[Ir]. The van der Waals surface area contributed by atoms with Crippen molar-refractivity contribution in [1.29, 1.82) is 0 Å². The van der Waals surface area contributed by atoms with E-state index in [1.54, 1.807) is 5.19 Å². The molecule has 0 fully saturated rings. The maximum atomic E-state index is 11.5. The average Bonchev–Trinajstić information content (AvgIpc) is 3.08. The summed E-state index contributed by atoms with van der Waals surface area (Å²) in [6.45, 7) is 20.8. The van der Waals surface area contributed by atoms with Crippen LogP contribution in [-0.4, -0.2) is 23.9 Å². The van der Waals surface area contributed by atoms with Crippen LogP contribution in [0.3, 0.4) is 0 Å².